The van der Waals surface area contributed by atoms with E-state index in [-0.39, 0.29) is 17.1 Å². The van der Waals surface area contributed by atoms with Gasteiger partial charge in [0, 0.05) is 35.1 Å². The molecule has 0 spiro atoms. The Bertz CT molecular complexity index is 1280. The number of amides is 1. The number of nitrogens with zero attached hydrogens (tertiary/aromatic N) is 2. The first-order chi connectivity index (χ1) is 16.4. The number of aliphatic hydroxyl groups is 1. The Morgan fingerprint density at radius 3 is 2.18 bits per heavy atom. The summed E-state index contributed by atoms with van der Waals surface area (Å²) in [6.45, 7) is 1.99. The molecule has 5 rings (SSSR count). The monoisotopic (exact) mass is 474 g/mol. The first-order valence-corrected chi connectivity index (χ1v) is 11.5. The van der Waals surface area contributed by atoms with Gasteiger partial charge in [0.25, 0.3) is 11.7 Å². The number of benzene rings is 3. The number of ketones is 1. The summed E-state index contributed by atoms with van der Waals surface area (Å²) >= 11 is 5.97. The van der Waals surface area contributed by atoms with E-state index in [9.17, 15) is 19.8 Å². The molecule has 3 aromatic carbocycles. The quantitative estimate of drug-likeness (QED) is 0.306. The molecule has 172 valence electrons. The molecule has 0 saturated carbocycles. The number of phenols is 1. The second-order valence-corrected chi connectivity index (χ2v) is 8.92. The van der Waals surface area contributed by atoms with Gasteiger partial charge in [-0.15, -0.1) is 0 Å². The molecule has 0 bridgehead atoms. The fraction of sp³-hybridized carbons (Fsp3) is 0.185. The van der Waals surface area contributed by atoms with Crippen molar-refractivity contribution in [1.29, 1.82) is 0 Å². The van der Waals surface area contributed by atoms with Gasteiger partial charge >= 0.3 is 0 Å². The van der Waals surface area contributed by atoms with Crippen LogP contribution in [0.1, 0.15) is 30.0 Å². The van der Waals surface area contributed by atoms with Gasteiger partial charge in [0.1, 0.15) is 11.5 Å². The molecule has 2 N–H and O–H groups in total. The van der Waals surface area contributed by atoms with Gasteiger partial charge in [-0.2, -0.15) is 0 Å². The Morgan fingerprint density at radius 1 is 0.882 bits per heavy atom. The zero-order valence-corrected chi connectivity index (χ0v) is 19.1. The maximum atomic E-state index is 13.3. The third-order valence-electron chi connectivity index (χ3n) is 6.35. The summed E-state index contributed by atoms with van der Waals surface area (Å²) in [6, 6.07) is 19.4. The zero-order valence-electron chi connectivity index (χ0n) is 18.3. The van der Waals surface area contributed by atoms with Crippen LogP contribution in [-0.2, 0) is 9.59 Å². The minimum Gasteiger partial charge on any atom is -0.508 e. The molecule has 3 aromatic rings. The van der Waals surface area contributed by atoms with Crippen molar-refractivity contribution in [3.05, 3.63) is 94.5 Å². The lowest BCUT2D eigenvalue weighted by atomic mass is 9.95. The number of halogens is 1. The van der Waals surface area contributed by atoms with Crippen molar-refractivity contribution in [2.45, 2.75) is 18.9 Å². The molecule has 1 unspecified atom stereocenters. The van der Waals surface area contributed by atoms with Crippen molar-refractivity contribution in [2.75, 3.05) is 22.9 Å². The molecule has 1 amide bonds. The lowest BCUT2D eigenvalue weighted by Gasteiger charge is -2.26. The highest BCUT2D eigenvalue weighted by atomic mass is 35.5. The fourth-order valence-electron chi connectivity index (χ4n) is 4.67. The molecule has 7 heteroatoms. The third-order valence-corrected chi connectivity index (χ3v) is 6.60. The van der Waals surface area contributed by atoms with Crippen LogP contribution in [0.15, 0.2) is 78.4 Å². The van der Waals surface area contributed by atoms with E-state index in [0.717, 1.165) is 31.6 Å². The summed E-state index contributed by atoms with van der Waals surface area (Å²) in [5, 5.41) is 21.7. The minimum atomic E-state index is -0.902. The van der Waals surface area contributed by atoms with Crippen LogP contribution in [0.3, 0.4) is 0 Å². The number of carbonyl (C=O) groups excluding carboxylic acids is 2. The van der Waals surface area contributed by atoms with Crippen molar-refractivity contribution in [2.24, 2.45) is 0 Å². The maximum Gasteiger partial charge on any atom is 0.300 e. The average molecular weight is 475 g/mol. The Labute approximate surface area is 202 Å². The van der Waals surface area contributed by atoms with Gasteiger partial charge in [-0.25, -0.2) is 0 Å². The predicted octanol–water partition coefficient (Wildman–Crippen LogP) is 5.27. The van der Waals surface area contributed by atoms with E-state index >= 15 is 0 Å². The summed E-state index contributed by atoms with van der Waals surface area (Å²) in [7, 11) is 0. The Kier molecular flexibility index (Phi) is 5.75. The number of rotatable bonds is 4. The molecule has 2 saturated heterocycles. The van der Waals surface area contributed by atoms with Gasteiger partial charge in [-0.3, -0.25) is 14.5 Å². The molecule has 6 nitrogen and oxygen atoms in total. The smallest absolute Gasteiger partial charge is 0.300 e. The summed E-state index contributed by atoms with van der Waals surface area (Å²) < 4.78 is 0. The summed E-state index contributed by atoms with van der Waals surface area (Å²) in [5.41, 5.74) is 2.44. The Morgan fingerprint density at radius 2 is 1.53 bits per heavy atom. The number of carbonyl (C=O) groups is 2. The van der Waals surface area contributed by atoms with E-state index in [1.54, 1.807) is 36.4 Å². The van der Waals surface area contributed by atoms with E-state index in [2.05, 4.69) is 4.90 Å². The molecule has 1 atom stereocenters. The zero-order chi connectivity index (χ0) is 23.8. The normalized spacial score (nSPS) is 19.7. The van der Waals surface area contributed by atoms with E-state index in [1.165, 1.54) is 17.0 Å². The van der Waals surface area contributed by atoms with Gasteiger partial charge in [0.15, 0.2) is 0 Å². The van der Waals surface area contributed by atoms with Gasteiger partial charge in [0.05, 0.1) is 11.6 Å². The van der Waals surface area contributed by atoms with Gasteiger partial charge < -0.3 is 15.1 Å². The second kappa shape index (κ2) is 8.88. The van der Waals surface area contributed by atoms with Crippen molar-refractivity contribution < 1.29 is 19.8 Å². The summed E-state index contributed by atoms with van der Waals surface area (Å²) in [5.74, 6) is -1.82. The van der Waals surface area contributed by atoms with Crippen molar-refractivity contribution >= 4 is 40.4 Å². The number of aromatic hydroxyl groups is 1. The molecule has 0 aliphatic carbocycles. The fourth-order valence-corrected chi connectivity index (χ4v) is 4.80. The molecular weight excluding hydrogens is 452 g/mol. The SMILES string of the molecule is O=C1C(=O)N(c2ccc(N3CCCC3)cc2)C(c2cccc(O)c2)/C1=C(\O)c1ccc(Cl)cc1. The molecular formula is C27H23ClN2O4. The van der Waals surface area contributed by atoms with Crippen LogP contribution in [0.25, 0.3) is 5.76 Å². The van der Waals surface area contributed by atoms with E-state index < -0.39 is 17.7 Å². The van der Waals surface area contributed by atoms with Crippen LogP contribution in [0.2, 0.25) is 5.02 Å². The van der Waals surface area contributed by atoms with Gasteiger partial charge in [-0.05, 0) is 79.1 Å². The van der Waals surface area contributed by atoms with Crippen LogP contribution in [0.4, 0.5) is 11.4 Å². The van der Waals surface area contributed by atoms with E-state index in [0.29, 0.717) is 21.8 Å². The number of anilines is 2. The molecule has 0 aromatic heterocycles. The van der Waals surface area contributed by atoms with Crippen LogP contribution in [0, 0.1) is 0 Å². The predicted molar refractivity (Wildman–Crippen MR) is 132 cm³/mol. The summed E-state index contributed by atoms with van der Waals surface area (Å²) in [6.07, 6.45) is 2.30. The second-order valence-electron chi connectivity index (χ2n) is 8.48. The highest BCUT2D eigenvalue weighted by Crippen LogP contribution is 2.43. The van der Waals surface area contributed by atoms with Crippen molar-refractivity contribution in [3.8, 4) is 5.75 Å². The lowest BCUT2D eigenvalue weighted by Crippen LogP contribution is -2.29. The first kappa shape index (κ1) is 22.0. The largest absolute Gasteiger partial charge is 0.508 e. The third kappa shape index (κ3) is 3.90. The standard InChI is InChI=1S/C27H23ClN2O4/c28-19-8-6-17(7-9-19)25(32)23-24(18-4-3-5-22(31)16-18)30(27(34)26(23)33)21-12-10-20(11-13-21)29-14-1-2-15-29/h3-13,16,24,31-32H,1-2,14-15H2/b25-23+. The topological polar surface area (TPSA) is 81.1 Å². The van der Waals surface area contributed by atoms with Crippen molar-refractivity contribution in [1.82, 2.24) is 0 Å². The van der Waals surface area contributed by atoms with E-state index in [1.807, 2.05) is 24.3 Å². The number of hydrogen-bond donors (Lipinski definition) is 2. The average Bonchev–Trinajstić information content (AvgIpc) is 3.47. The highest BCUT2D eigenvalue weighted by molar-refractivity contribution is 6.51. The molecule has 2 heterocycles. The lowest BCUT2D eigenvalue weighted by molar-refractivity contribution is -0.132. The molecule has 2 aliphatic heterocycles. The van der Waals surface area contributed by atoms with E-state index in [4.69, 9.17) is 11.6 Å². The minimum absolute atomic E-state index is 0.000961. The van der Waals surface area contributed by atoms with Crippen LogP contribution < -0.4 is 9.80 Å². The number of Topliss-reactive ketones (excluding diaryl/α,β-unsaturated/α-hetero) is 1. The molecule has 0 radical (unpaired) electrons. The summed E-state index contributed by atoms with van der Waals surface area (Å²) in [4.78, 5) is 30.1. The molecule has 2 aliphatic rings. The first-order valence-electron chi connectivity index (χ1n) is 11.1. The van der Waals surface area contributed by atoms with Gasteiger partial charge in [-0.1, -0.05) is 23.7 Å². The molecule has 34 heavy (non-hydrogen) atoms. The molecule has 2 fully saturated rings. The number of aliphatic hydroxyl groups excluding tert-OH is 1. The van der Waals surface area contributed by atoms with Crippen LogP contribution in [0.5, 0.6) is 5.75 Å². The van der Waals surface area contributed by atoms with Crippen molar-refractivity contribution in [3.63, 3.8) is 0 Å². The highest BCUT2D eigenvalue weighted by Gasteiger charge is 2.47. The van der Waals surface area contributed by atoms with Gasteiger partial charge in [0.2, 0.25) is 0 Å². The Hall–Kier alpha value is -3.77. The number of phenolic OH excluding ortho intramolecular Hbond substituents is 1. The van der Waals surface area contributed by atoms with Crippen LogP contribution in [-0.4, -0.2) is 35.0 Å². The van der Waals surface area contributed by atoms with Crippen LogP contribution >= 0.6 is 11.6 Å². The number of hydrogen-bond acceptors (Lipinski definition) is 5. The maximum absolute atomic E-state index is 13.3. The Balaban J connectivity index is 1.63.